The molecule has 1 N–H and O–H groups in total. The summed E-state index contributed by atoms with van der Waals surface area (Å²) in [6, 6.07) is 11.2. The Hall–Kier alpha value is -3.58. The van der Waals surface area contributed by atoms with Gasteiger partial charge in [0, 0.05) is 31.7 Å². The van der Waals surface area contributed by atoms with Crippen LogP contribution in [-0.4, -0.2) is 69.3 Å². The number of nitriles is 1. The molecule has 2 aliphatic heterocycles. The van der Waals surface area contributed by atoms with Crippen molar-refractivity contribution in [1.29, 1.82) is 5.26 Å². The number of aromatic nitrogens is 2. The summed E-state index contributed by atoms with van der Waals surface area (Å²) in [5, 5.41) is 18.7. The number of anilines is 1. The van der Waals surface area contributed by atoms with Crippen LogP contribution < -0.4 is 4.90 Å². The molecule has 2 aromatic rings. The quantitative estimate of drug-likeness (QED) is 0.676. The number of carbonyl (C=O) groups is 2. The molecule has 0 aliphatic carbocycles. The number of ether oxygens (including phenoxy) is 1. The molecular formula is C22H23ClN6O4. The monoisotopic (exact) mass is 470 g/mol. The van der Waals surface area contributed by atoms with E-state index in [-0.39, 0.29) is 30.9 Å². The molecule has 0 spiro atoms. The number of carboxylic acid groups (broad SMARTS) is 1. The maximum absolute atomic E-state index is 12.8. The van der Waals surface area contributed by atoms with E-state index in [0.717, 1.165) is 11.1 Å². The number of nitrogens with zero attached hydrogens (tertiary/aromatic N) is 6. The molecule has 0 radical (unpaired) electrons. The van der Waals surface area contributed by atoms with Crippen LogP contribution in [0.5, 0.6) is 0 Å². The molecule has 1 aromatic heterocycles. The van der Waals surface area contributed by atoms with E-state index in [1.807, 2.05) is 35.2 Å². The fraction of sp³-hybridized carbons (Fsp3) is 0.409. The van der Waals surface area contributed by atoms with Gasteiger partial charge in [0.1, 0.15) is 12.4 Å². The average molecular weight is 471 g/mol. The van der Waals surface area contributed by atoms with E-state index in [1.54, 1.807) is 4.90 Å². The molecule has 2 amide bonds. The Morgan fingerprint density at radius 2 is 2.00 bits per heavy atom. The molecule has 4 rings (SSSR count). The van der Waals surface area contributed by atoms with Crippen LogP contribution in [0.2, 0.25) is 5.28 Å². The summed E-state index contributed by atoms with van der Waals surface area (Å²) in [7, 11) is 0. The number of benzene rings is 1. The zero-order chi connectivity index (χ0) is 23.4. The van der Waals surface area contributed by atoms with Gasteiger partial charge in [-0.1, -0.05) is 30.3 Å². The summed E-state index contributed by atoms with van der Waals surface area (Å²) in [6.07, 6.45) is -0.853. The van der Waals surface area contributed by atoms with E-state index in [4.69, 9.17) is 16.3 Å². The van der Waals surface area contributed by atoms with Crippen LogP contribution in [0.15, 0.2) is 30.3 Å². The third kappa shape index (κ3) is 5.09. The van der Waals surface area contributed by atoms with Crippen molar-refractivity contribution in [3.8, 4) is 6.07 Å². The van der Waals surface area contributed by atoms with Gasteiger partial charge in [-0.15, -0.1) is 0 Å². The van der Waals surface area contributed by atoms with Crippen molar-refractivity contribution in [3.63, 3.8) is 0 Å². The van der Waals surface area contributed by atoms with Gasteiger partial charge >= 0.3 is 12.2 Å². The Morgan fingerprint density at radius 3 is 2.73 bits per heavy atom. The molecule has 1 aromatic carbocycles. The number of piperazine rings is 1. The highest BCUT2D eigenvalue weighted by molar-refractivity contribution is 6.28. The first kappa shape index (κ1) is 22.6. The van der Waals surface area contributed by atoms with E-state index in [2.05, 4.69) is 16.0 Å². The average Bonchev–Trinajstić information content (AvgIpc) is 2.82. The van der Waals surface area contributed by atoms with Crippen LogP contribution >= 0.6 is 11.6 Å². The first-order valence-electron chi connectivity index (χ1n) is 10.6. The number of carbonyl (C=O) groups excluding carboxylic acids is 1. The van der Waals surface area contributed by atoms with Crippen LogP contribution in [0.1, 0.15) is 23.2 Å². The first-order chi connectivity index (χ1) is 16.0. The van der Waals surface area contributed by atoms with Gasteiger partial charge in [0.25, 0.3) is 0 Å². The van der Waals surface area contributed by atoms with Crippen LogP contribution in [0.3, 0.4) is 0 Å². The van der Waals surface area contributed by atoms with Crippen molar-refractivity contribution in [2.45, 2.75) is 32.0 Å². The molecule has 0 bridgehead atoms. The molecule has 10 nitrogen and oxygen atoms in total. The van der Waals surface area contributed by atoms with Gasteiger partial charge in [0.2, 0.25) is 5.28 Å². The Balaban J connectivity index is 1.49. The first-order valence-corrected chi connectivity index (χ1v) is 11.0. The van der Waals surface area contributed by atoms with Gasteiger partial charge in [0.05, 0.1) is 30.8 Å². The highest BCUT2D eigenvalue weighted by Crippen LogP contribution is 2.30. The van der Waals surface area contributed by atoms with Crippen molar-refractivity contribution in [2.24, 2.45) is 0 Å². The predicted octanol–water partition coefficient (Wildman–Crippen LogP) is 2.91. The summed E-state index contributed by atoms with van der Waals surface area (Å²) >= 11 is 6.15. The lowest BCUT2D eigenvalue weighted by molar-refractivity contribution is 0.0768. The van der Waals surface area contributed by atoms with Crippen LogP contribution in [0.25, 0.3) is 0 Å². The van der Waals surface area contributed by atoms with Crippen LogP contribution in [-0.2, 0) is 24.3 Å². The third-order valence-electron chi connectivity index (χ3n) is 5.84. The van der Waals surface area contributed by atoms with Crippen molar-refractivity contribution < 1.29 is 19.4 Å². The number of halogens is 1. The molecule has 1 saturated heterocycles. The van der Waals surface area contributed by atoms with Gasteiger partial charge in [-0.2, -0.15) is 5.26 Å². The molecule has 11 heteroatoms. The Kier molecular flexibility index (Phi) is 6.79. The van der Waals surface area contributed by atoms with Gasteiger partial charge < -0.3 is 24.5 Å². The summed E-state index contributed by atoms with van der Waals surface area (Å²) < 4.78 is 5.48. The van der Waals surface area contributed by atoms with Gasteiger partial charge in [-0.05, 0) is 23.6 Å². The molecule has 2 aliphatic rings. The zero-order valence-electron chi connectivity index (χ0n) is 17.9. The number of fused-ring (bicyclic) bond motifs is 1. The summed E-state index contributed by atoms with van der Waals surface area (Å²) in [5.41, 5.74) is 2.33. The minimum Gasteiger partial charge on any atom is -0.465 e. The lowest BCUT2D eigenvalue weighted by Crippen LogP contribution is -2.55. The van der Waals surface area contributed by atoms with Crippen LogP contribution in [0, 0.1) is 11.3 Å². The Morgan fingerprint density at radius 1 is 1.21 bits per heavy atom. The minimum atomic E-state index is -1.01. The van der Waals surface area contributed by atoms with E-state index in [1.165, 1.54) is 4.90 Å². The summed E-state index contributed by atoms with van der Waals surface area (Å²) in [6.45, 7) is 1.87. The maximum atomic E-state index is 12.8. The SMILES string of the molecule is N#CC[C@H]1CN(c2nc(Cl)nc3c2CCN(C(=O)O)C3)CCN1C(=O)OCc1ccccc1. The van der Waals surface area contributed by atoms with E-state index < -0.39 is 12.2 Å². The van der Waals surface area contributed by atoms with Gasteiger partial charge in [-0.25, -0.2) is 19.6 Å². The van der Waals surface area contributed by atoms with Gasteiger partial charge in [0.15, 0.2) is 0 Å². The second-order valence-electron chi connectivity index (χ2n) is 7.89. The molecule has 0 saturated carbocycles. The zero-order valence-corrected chi connectivity index (χ0v) is 18.6. The largest absolute Gasteiger partial charge is 0.465 e. The molecular weight excluding hydrogens is 448 g/mol. The predicted molar refractivity (Wildman–Crippen MR) is 119 cm³/mol. The fourth-order valence-electron chi connectivity index (χ4n) is 4.18. The highest BCUT2D eigenvalue weighted by atomic mass is 35.5. The maximum Gasteiger partial charge on any atom is 0.410 e. The lowest BCUT2D eigenvalue weighted by Gasteiger charge is -2.41. The van der Waals surface area contributed by atoms with Crippen molar-refractivity contribution >= 4 is 29.6 Å². The normalized spacial score (nSPS) is 17.8. The fourth-order valence-corrected chi connectivity index (χ4v) is 4.36. The van der Waals surface area contributed by atoms with E-state index in [0.29, 0.717) is 44.1 Å². The van der Waals surface area contributed by atoms with E-state index in [9.17, 15) is 20.0 Å². The van der Waals surface area contributed by atoms with E-state index >= 15 is 0 Å². The summed E-state index contributed by atoms with van der Waals surface area (Å²) in [5.74, 6) is 0.635. The molecule has 0 unspecified atom stereocenters. The third-order valence-corrected chi connectivity index (χ3v) is 6.00. The van der Waals surface area contributed by atoms with Crippen molar-refractivity contribution in [2.75, 3.05) is 31.1 Å². The second kappa shape index (κ2) is 9.92. The topological polar surface area (TPSA) is 123 Å². The number of hydrogen-bond donors (Lipinski definition) is 1. The molecule has 1 fully saturated rings. The van der Waals surface area contributed by atoms with Crippen molar-refractivity contribution in [3.05, 3.63) is 52.4 Å². The van der Waals surface area contributed by atoms with Gasteiger partial charge in [-0.3, -0.25) is 0 Å². The number of rotatable bonds is 4. The molecule has 3 heterocycles. The lowest BCUT2D eigenvalue weighted by atomic mass is 10.0. The second-order valence-corrected chi connectivity index (χ2v) is 8.23. The smallest absolute Gasteiger partial charge is 0.410 e. The van der Waals surface area contributed by atoms with Crippen molar-refractivity contribution in [1.82, 2.24) is 19.8 Å². The number of amides is 2. The minimum absolute atomic E-state index is 0.0394. The molecule has 172 valence electrons. The highest BCUT2D eigenvalue weighted by Gasteiger charge is 2.34. The Labute approximate surface area is 196 Å². The molecule has 33 heavy (non-hydrogen) atoms. The van der Waals surface area contributed by atoms with Crippen LogP contribution in [0.4, 0.5) is 15.4 Å². The molecule has 1 atom stereocenters. The number of hydrogen-bond acceptors (Lipinski definition) is 7. The Bertz CT molecular complexity index is 1080. The standard InChI is InChI=1S/C22H23ClN6O4/c23-20-25-18-13-28(21(30)31)9-7-17(18)19(26-20)27-10-11-29(16(12-27)6-8-24)22(32)33-14-15-4-2-1-3-5-15/h1-5,16H,6-7,9-14H2,(H,30,31)/t16-/m0/s1. The summed E-state index contributed by atoms with van der Waals surface area (Å²) in [4.78, 5) is 37.6.